The fraction of sp³-hybridized carbons (Fsp3) is 0.188. The highest BCUT2D eigenvalue weighted by Gasteiger charge is 2.35. The van der Waals surface area contributed by atoms with E-state index in [0.717, 1.165) is 11.1 Å². The van der Waals surface area contributed by atoms with Gasteiger partial charge in [0.05, 0.1) is 5.02 Å². The summed E-state index contributed by atoms with van der Waals surface area (Å²) in [5.41, 5.74) is 2.11. The highest BCUT2D eigenvalue weighted by molar-refractivity contribution is 6.30. The lowest BCUT2D eigenvalue weighted by molar-refractivity contribution is -0.142. The molecule has 112 valence electrons. The average molecular weight is 317 g/mol. The van der Waals surface area contributed by atoms with E-state index < -0.39 is 17.9 Å². The van der Waals surface area contributed by atoms with Gasteiger partial charge in [0, 0.05) is 19.2 Å². The number of aliphatic carboxylic acids is 1. The van der Waals surface area contributed by atoms with Crippen LogP contribution in [0.2, 0.25) is 5.02 Å². The molecule has 0 bridgehead atoms. The van der Waals surface area contributed by atoms with Crippen molar-refractivity contribution in [2.45, 2.75) is 19.0 Å². The second kappa shape index (κ2) is 5.77. The number of carbonyl (C=O) groups is 2. The van der Waals surface area contributed by atoms with E-state index in [2.05, 4.69) is 4.98 Å². The van der Waals surface area contributed by atoms with Crippen LogP contribution in [0.5, 0.6) is 0 Å². The van der Waals surface area contributed by atoms with E-state index >= 15 is 0 Å². The van der Waals surface area contributed by atoms with E-state index in [1.807, 2.05) is 24.3 Å². The van der Waals surface area contributed by atoms with Crippen molar-refractivity contribution in [3.8, 4) is 0 Å². The van der Waals surface area contributed by atoms with Crippen LogP contribution in [-0.2, 0) is 17.8 Å². The molecule has 2 heterocycles. The molecule has 22 heavy (non-hydrogen) atoms. The molecular weight excluding hydrogens is 304 g/mol. The van der Waals surface area contributed by atoms with Crippen molar-refractivity contribution in [2.75, 3.05) is 0 Å². The molecule has 0 spiro atoms. The predicted molar refractivity (Wildman–Crippen MR) is 80.7 cm³/mol. The van der Waals surface area contributed by atoms with Gasteiger partial charge in [0.1, 0.15) is 11.7 Å². The van der Waals surface area contributed by atoms with Crippen molar-refractivity contribution in [2.24, 2.45) is 0 Å². The molecular formula is C16H13ClN2O3. The Morgan fingerprint density at radius 3 is 2.55 bits per heavy atom. The summed E-state index contributed by atoms with van der Waals surface area (Å²) in [4.78, 5) is 29.5. The summed E-state index contributed by atoms with van der Waals surface area (Å²) >= 11 is 5.77. The zero-order valence-electron chi connectivity index (χ0n) is 11.6. The molecule has 1 aliphatic rings. The molecule has 1 aromatic carbocycles. The topological polar surface area (TPSA) is 70.5 Å². The van der Waals surface area contributed by atoms with Crippen LogP contribution in [0, 0.1) is 0 Å². The number of carboxylic acid groups (broad SMARTS) is 1. The number of benzene rings is 1. The standard InChI is InChI=1S/C16H13ClN2O3/c17-12-5-6-13(18-8-12)15(20)19-9-11-4-2-1-3-10(11)7-14(19)16(21)22/h1-6,8,14H,7,9H2,(H,21,22). The van der Waals surface area contributed by atoms with Crippen LogP contribution in [0.15, 0.2) is 42.6 Å². The van der Waals surface area contributed by atoms with Gasteiger partial charge in [-0.15, -0.1) is 0 Å². The summed E-state index contributed by atoms with van der Waals surface area (Å²) in [6.07, 6.45) is 1.67. The van der Waals surface area contributed by atoms with Crippen LogP contribution in [0.25, 0.3) is 0 Å². The van der Waals surface area contributed by atoms with E-state index in [1.54, 1.807) is 6.07 Å². The summed E-state index contributed by atoms with van der Waals surface area (Å²) in [6, 6.07) is 9.73. The minimum atomic E-state index is -1.02. The maximum Gasteiger partial charge on any atom is 0.326 e. The Hall–Kier alpha value is -2.40. The Bertz CT molecular complexity index is 730. The summed E-state index contributed by atoms with van der Waals surface area (Å²) in [5, 5.41) is 9.86. The molecule has 0 radical (unpaired) electrons. The van der Waals surface area contributed by atoms with Gasteiger partial charge in [-0.05, 0) is 23.3 Å². The van der Waals surface area contributed by atoms with Crippen molar-refractivity contribution in [3.05, 3.63) is 64.4 Å². The SMILES string of the molecule is O=C(O)C1Cc2ccccc2CN1C(=O)c1ccc(Cl)cn1. The number of carbonyl (C=O) groups excluding carboxylic acids is 1. The van der Waals surface area contributed by atoms with Gasteiger partial charge in [-0.3, -0.25) is 4.79 Å². The molecule has 0 fully saturated rings. The van der Waals surface area contributed by atoms with Gasteiger partial charge in [0.15, 0.2) is 0 Å². The number of fused-ring (bicyclic) bond motifs is 1. The first-order chi connectivity index (χ1) is 10.6. The van der Waals surface area contributed by atoms with Crippen LogP contribution in [0.3, 0.4) is 0 Å². The number of amides is 1. The largest absolute Gasteiger partial charge is 0.480 e. The van der Waals surface area contributed by atoms with Crippen molar-refractivity contribution in [1.82, 2.24) is 9.88 Å². The molecule has 1 aromatic heterocycles. The molecule has 0 aliphatic carbocycles. The minimum Gasteiger partial charge on any atom is -0.480 e. The molecule has 2 aromatic rings. The Morgan fingerprint density at radius 2 is 1.91 bits per heavy atom. The molecule has 5 nitrogen and oxygen atoms in total. The molecule has 1 aliphatic heterocycles. The second-order valence-electron chi connectivity index (χ2n) is 5.12. The predicted octanol–water partition coefficient (Wildman–Crippen LogP) is 2.39. The lowest BCUT2D eigenvalue weighted by atomic mass is 9.93. The maximum absolute atomic E-state index is 12.6. The highest BCUT2D eigenvalue weighted by atomic mass is 35.5. The quantitative estimate of drug-likeness (QED) is 0.923. The molecule has 1 N–H and O–H groups in total. The molecule has 1 amide bonds. The number of hydrogen-bond acceptors (Lipinski definition) is 3. The fourth-order valence-corrected chi connectivity index (χ4v) is 2.72. The zero-order chi connectivity index (χ0) is 15.7. The van der Waals surface area contributed by atoms with Gasteiger partial charge in [-0.2, -0.15) is 0 Å². The Kier molecular flexibility index (Phi) is 3.81. The maximum atomic E-state index is 12.6. The number of rotatable bonds is 2. The Morgan fingerprint density at radius 1 is 1.18 bits per heavy atom. The third kappa shape index (κ3) is 2.67. The first-order valence-electron chi connectivity index (χ1n) is 6.78. The van der Waals surface area contributed by atoms with Crippen molar-refractivity contribution in [1.29, 1.82) is 0 Å². The first kappa shape index (κ1) is 14.5. The van der Waals surface area contributed by atoms with E-state index in [4.69, 9.17) is 11.6 Å². The second-order valence-corrected chi connectivity index (χ2v) is 5.56. The van der Waals surface area contributed by atoms with Crippen molar-refractivity contribution < 1.29 is 14.7 Å². The monoisotopic (exact) mass is 316 g/mol. The van der Waals surface area contributed by atoms with Gasteiger partial charge >= 0.3 is 5.97 Å². The lowest BCUT2D eigenvalue weighted by Gasteiger charge is -2.34. The molecule has 0 saturated heterocycles. The molecule has 0 saturated carbocycles. The Labute approximate surface area is 132 Å². The van der Waals surface area contributed by atoms with Crippen molar-refractivity contribution in [3.63, 3.8) is 0 Å². The molecule has 1 unspecified atom stereocenters. The number of hydrogen-bond donors (Lipinski definition) is 1. The van der Waals surface area contributed by atoms with Crippen LogP contribution in [0.4, 0.5) is 0 Å². The summed E-state index contributed by atoms with van der Waals surface area (Å²) in [5.74, 6) is -1.42. The normalized spacial score (nSPS) is 17.0. The zero-order valence-corrected chi connectivity index (χ0v) is 12.3. The summed E-state index contributed by atoms with van der Waals surface area (Å²) < 4.78 is 0. The van der Waals surface area contributed by atoms with E-state index in [-0.39, 0.29) is 12.2 Å². The fourth-order valence-electron chi connectivity index (χ4n) is 2.61. The van der Waals surface area contributed by atoms with Gasteiger partial charge in [-0.25, -0.2) is 9.78 Å². The van der Waals surface area contributed by atoms with E-state index in [0.29, 0.717) is 11.4 Å². The van der Waals surface area contributed by atoms with Gasteiger partial charge in [-0.1, -0.05) is 35.9 Å². The third-order valence-corrected chi connectivity index (χ3v) is 3.96. The molecule has 3 rings (SSSR count). The first-order valence-corrected chi connectivity index (χ1v) is 7.16. The van der Waals surface area contributed by atoms with Gasteiger partial charge in [0.2, 0.25) is 0 Å². The smallest absolute Gasteiger partial charge is 0.326 e. The van der Waals surface area contributed by atoms with Crippen LogP contribution >= 0.6 is 11.6 Å². The summed E-state index contributed by atoms with van der Waals surface area (Å²) in [7, 11) is 0. The van der Waals surface area contributed by atoms with E-state index in [1.165, 1.54) is 17.2 Å². The number of carboxylic acids is 1. The molecule has 1 atom stereocenters. The van der Waals surface area contributed by atoms with E-state index in [9.17, 15) is 14.7 Å². The van der Waals surface area contributed by atoms with Crippen molar-refractivity contribution >= 4 is 23.5 Å². The third-order valence-electron chi connectivity index (χ3n) is 3.74. The minimum absolute atomic E-state index is 0.190. The summed E-state index contributed by atoms with van der Waals surface area (Å²) in [6.45, 7) is 0.260. The van der Waals surface area contributed by atoms with Gasteiger partial charge in [0.25, 0.3) is 5.91 Å². The van der Waals surface area contributed by atoms with Crippen LogP contribution in [0.1, 0.15) is 21.6 Å². The van der Waals surface area contributed by atoms with Crippen LogP contribution < -0.4 is 0 Å². The highest BCUT2D eigenvalue weighted by Crippen LogP contribution is 2.25. The average Bonchev–Trinajstić information content (AvgIpc) is 2.53. The van der Waals surface area contributed by atoms with Crippen LogP contribution in [-0.4, -0.2) is 32.9 Å². The number of halogens is 1. The number of aromatic nitrogens is 1. The number of nitrogens with zero attached hydrogens (tertiary/aromatic N) is 2. The Balaban J connectivity index is 1.95. The lowest BCUT2D eigenvalue weighted by Crippen LogP contribution is -2.48. The number of pyridine rings is 1. The molecule has 6 heteroatoms. The van der Waals surface area contributed by atoms with Gasteiger partial charge < -0.3 is 10.0 Å².